The molecule has 0 bridgehead atoms. The molecule has 3 N–H and O–H groups in total. The third kappa shape index (κ3) is 7.41. The molecule has 188 valence electrons. The molecule has 2 aromatic rings. The summed E-state index contributed by atoms with van der Waals surface area (Å²) >= 11 is 0. The maximum Gasteiger partial charge on any atom is 0.300 e. The fourth-order valence-corrected chi connectivity index (χ4v) is 3.60. The molecule has 9 heteroatoms. The van der Waals surface area contributed by atoms with Crippen LogP contribution in [0.25, 0.3) is 0 Å². The summed E-state index contributed by atoms with van der Waals surface area (Å²) in [5.41, 5.74) is 3.37. The summed E-state index contributed by atoms with van der Waals surface area (Å²) in [7, 11) is 0. The molecule has 1 heterocycles. The number of pyridine rings is 1. The predicted octanol–water partition coefficient (Wildman–Crippen LogP) is 5.44. The Morgan fingerprint density at radius 2 is 1.83 bits per heavy atom. The Morgan fingerprint density at radius 1 is 1.14 bits per heavy atom. The lowest BCUT2D eigenvalue weighted by molar-refractivity contribution is 0.0946. The lowest BCUT2D eigenvalue weighted by Gasteiger charge is -2.15. The van der Waals surface area contributed by atoms with E-state index in [1.54, 1.807) is 31.2 Å². The molecule has 0 aliphatic carbocycles. The Labute approximate surface area is 206 Å². The van der Waals surface area contributed by atoms with E-state index in [0.29, 0.717) is 30.3 Å². The van der Waals surface area contributed by atoms with E-state index in [1.165, 1.54) is 0 Å². The lowest BCUT2D eigenvalue weighted by Crippen LogP contribution is -2.30. The van der Waals surface area contributed by atoms with Crippen LogP contribution in [0.2, 0.25) is 0 Å². The van der Waals surface area contributed by atoms with Crippen molar-refractivity contribution in [2.24, 2.45) is 16.1 Å². The third-order valence-electron chi connectivity index (χ3n) is 5.97. The lowest BCUT2D eigenvalue weighted by atomic mass is 9.99. The van der Waals surface area contributed by atoms with E-state index in [1.807, 2.05) is 13.0 Å². The number of amides is 1. The molecule has 0 aliphatic heterocycles. The number of aromatic hydroxyl groups is 1. The van der Waals surface area contributed by atoms with Gasteiger partial charge in [-0.2, -0.15) is 15.1 Å². The van der Waals surface area contributed by atoms with E-state index >= 15 is 0 Å². The number of carbonyl (C=O) groups excluding carboxylic acids is 1. The SMILES string of the molecule is CCCCNn1c(O)c(C#N)c(C)c(N=Nc2ccc(C(=O)NCC(CC)CCCC)cc2)c1=O. The zero-order chi connectivity index (χ0) is 25.8. The van der Waals surface area contributed by atoms with Gasteiger partial charge < -0.3 is 15.8 Å². The molecule has 1 unspecified atom stereocenters. The molecule has 1 amide bonds. The van der Waals surface area contributed by atoms with Crippen molar-refractivity contribution in [2.75, 3.05) is 18.5 Å². The fraction of sp³-hybridized carbons (Fsp3) is 0.500. The number of azo groups is 1. The first-order chi connectivity index (χ1) is 16.9. The highest BCUT2D eigenvalue weighted by atomic mass is 16.3. The molecular weight excluding hydrogens is 444 g/mol. The zero-order valence-corrected chi connectivity index (χ0v) is 21.1. The minimum absolute atomic E-state index is 0.0390. The summed E-state index contributed by atoms with van der Waals surface area (Å²) in [6.07, 6.45) is 6.12. The van der Waals surface area contributed by atoms with Crippen molar-refractivity contribution in [1.82, 2.24) is 9.99 Å². The standard InChI is InChI=1S/C26H36N6O3/c1-5-8-10-19(7-3)17-28-24(33)20-11-13-21(14-12-20)30-31-23-18(4)22(16-27)25(34)32(26(23)35)29-15-9-6-2/h11-14,19,29,34H,5-10,15,17H2,1-4H3,(H,28,33). The molecule has 35 heavy (non-hydrogen) atoms. The quantitative estimate of drug-likeness (QED) is 0.259. The van der Waals surface area contributed by atoms with Crippen molar-refractivity contribution in [2.45, 2.75) is 66.2 Å². The maximum absolute atomic E-state index is 12.9. The first-order valence-corrected chi connectivity index (χ1v) is 12.3. The largest absolute Gasteiger partial charge is 0.492 e. The summed E-state index contributed by atoms with van der Waals surface area (Å²) in [4.78, 5) is 25.4. The zero-order valence-electron chi connectivity index (χ0n) is 21.1. The molecule has 0 saturated carbocycles. The first-order valence-electron chi connectivity index (χ1n) is 12.3. The molecule has 0 saturated heterocycles. The van der Waals surface area contributed by atoms with Gasteiger partial charge in [0, 0.05) is 24.2 Å². The highest BCUT2D eigenvalue weighted by Crippen LogP contribution is 2.26. The second-order valence-corrected chi connectivity index (χ2v) is 8.56. The van der Waals surface area contributed by atoms with Gasteiger partial charge in [0.05, 0.1) is 5.69 Å². The number of hydrogen-bond donors (Lipinski definition) is 3. The van der Waals surface area contributed by atoms with Crippen LogP contribution in [0.1, 0.15) is 80.8 Å². The van der Waals surface area contributed by atoms with Crippen LogP contribution in [0, 0.1) is 24.2 Å². The molecule has 1 aromatic carbocycles. The van der Waals surface area contributed by atoms with Crippen molar-refractivity contribution < 1.29 is 9.90 Å². The summed E-state index contributed by atoms with van der Waals surface area (Å²) in [6.45, 7) is 8.95. The van der Waals surface area contributed by atoms with E-state index in [-0.39, 0.29) is 22.7 Å². The van der Waals surface area contributed by atoms with Crippen LogP contribution in [0.15, 0.2) is 39.3 Å². The summed E-state index contributed by atoms with van der Waals surface area (Å²) in [5, 5.41) is 31.0. The number of nitrogens with zero attached hydrogens (tertiary/aromatic N) is 4. The normalized spacial score (nSPS) is 11.9. The van der Waals surface area contributed by atoms with Gasteiger partial charge in [-0.05, 0) is 49.9 Å². The average molecular weight is 481 g/mol. The van der Waals surface area contributed by atoms with Gasteiger partial charge in [-0.25, -0.2) is 0 Å². The minimum atomic E-state index is -0.594. The van der Waals surface area contributed by atoms with Gasteiger partial charge in [0.15, 0.2) is 5.69 Å². The highest BCUT2D eigenvalue weighted by Gasteiger charge is 2.19. The van der Waals surface area contributed by atoms with Crippen LogP contribution in [-0.4, -0.2) is 28.8 Å². The van der Waals surface area contributed by atoms with Crippen molar-refractivity contribution in [3.8, 4) is 11.9 Å². The first kappa shape index (κ1) is 27.6. The van der Waals surface area contributed by atoms with Crippen LogP contribution in [0.5, 0.6) is 5.88 Å². The van der Waals surface area contributed by atoms with Crippen molar-refractivity contribution in [3.63, 3.8) is 0 Å². The smallest absolute Gasteiger partial charge is 0.300 e. The Bertz CT molecular complexity index is 1120. The van der Waals surface area contributed by atoms with Gasteiger partial charge in [-0.15, -0.1) is 5.11 Å². The number of rotatable bonds is 13. The molecule has 1 aromatic heterocycles. The number of aromatic nitrogens is 1. The van der Waals surface area contributed by atoms with Gasteiger partial charge in [0.1, 0.15) is 11.6 Å². The molecule has 9 nitrogen and oxygen atoms in total. The number of hydrogen-bond acceptors (Lipinski definition) is 7. The topological polar surface area (TPSA) is 132 Å². The monoisotopic (exact) mass is 480 g/mol. The van der Waals surface area contributed by atoms with Gasteiger partial charge in [0.2, 0.25) is 5.88 Å². The molecule has 0 spiro atoms. The van der Waals surface area contributed by atoms with E-state index in [2.05, 4.69) is 34.8 Å². The average Bonchev–Trinajstić information content (AvgIpc) is 2.86. The minimum Gasteiger partial charge on any atom is -0.492 e. The maximum atomic E-state index is 12.9. The number of unbranched alkanes of at least 4 members (excludes halogenated alkanes) is 2. The summed E-state index contributed by atoms with van der Waals surface area (Å²) < 4.78 is 0.938. The molecule has 0 fully saturated rings. The van der Waals surface area contributed by atoms with Crippen molar-refractivity contribution in [1.29, 1.82) is 5.26 Å². The Balaban J connectivity index is 2.18. The van der Waals surface area contributed by atoms with Crippen LogP contribution in [-0.2, 0) is 0 Å². The Kier molecular flexibility index (Phi) is 10.9. The second-order valence-electron chi connectivity index (χ2n) is 8.56. The molecule has 0 aliphatic rings. The molecular formula is C26H36N6O3. The van der Waals surface area contributed by atoms with E-state index in [0.717, 1.165) is 43.2 Å². The molecule has 0 radical (unpaired) electrons. The second kappa shape index (κ2) is 13.9. The summed E-state index contributed by atoms with van der Waals surface area (Å²) in [5.74, 6) is -0.114. The highest BCUT2D eigenvalue weighted by molar-refractivity contribution is 5.94. The van der Waals surface area contributed by atoms with Gasteiger partial charge in [0.25, 0.3) is 11.5 Å². The van der Waals surface area contributed by atoms with Crippen LogP contribution < -0.4 is 16.3 Å². The van der Waals surface area contributed by atoms with Crippen LogP contribution >= 0.6 is 0 Å². The van der Waals surface area contributed by atoms with Gasteiger partial charge >= 0.3 is 0 Å². The van der Waals surface area contributed by atoms with E-state index in [4.69, 9.17) is 0 Å². The van der Waals surface area contributed by atoms with Crippen molar-refractivity contribution >= 4 is 17.3 Å². The predicted molar refractivity (Wildman–Crippen MR) is 137 cm³/mol. The van der Waals surface area contributed by atoms with Crippen LogP contribution in [0.3, 0.4) is 0 Å². The van der Waals surface area contributed by atoms with Crippen LogP contribution in [0.4, 0.5) is 11.4 Å². The number of nitriles is 1. The molecule has 1 atom stereocenters. The number of benzene rings is 1. The van der Waals surface area contributed by atoms with E-state index in [9.17, 15) is 20.0 Å². The van der Waals surface area contributed by atoms with E-state index < -0.39 is 11.4 Å². The summed E-state index contributed by atoms with van der Waals surface area (Å²) in [6, 6.07) is 8.53. The Morgan fingerprint density at radius 3 is 2.43 bits per heavy atom. The Hall–Kier alpha value is -3.67. The van der Waals surface area contributed by atoms with Gasteiger partial charge in [-0.3, -0.25) is 9.59 Å². The van der Waals surface area contributed by atoms with Crippen molar-refractivity contribution in [3.05, 3.63) is 51.3 Å². The number of carbonyl (C=O) groups is 1. The van der Waals surface area contributed by atoms with Gasteiger partial charge in [-0.1, -0.05) is 46.5 Å². The fourth-order valence-electron chi connectivity index (χ4n) is 3.60. The third-order valence-corrected chi connectivity index (χ3v) is 5.97. The molecule has 2 rings (SSSR count). The number of nitrogens with one attached hydrogen (secondary N) is 2.